The van der Waals surface area contributed by atoms with Gasteiger partial charge in [-0.1, -0.05) is 0 Å². The van der Waals surface area contributed by atoms with Crippen LogP contribution in [0.3, 0.4) is 0 Å². The molecule has 1 aliphatic heterocycles. The molecule has 1 fully saturated rings. The molecule has 1 amide bonds. The maximum atomic E-state index is 12.9. The molecule has 0 saturated carbocycles. The third-order valence-corrected chi connectivity index (χ3v) is 5.02. The summed E-state index contributed by atoms with van der Waals surface area (Å²) < 4.78 is 37.4. The SMILES string of the molecule is CN(C(=O)[C@H]1CCCN(S(C)(=O)=O)C1)c1ccc(F)cc1. The lowest BCUT2D eigenvalue weighted by Crippen LogP contribution is -2.45. The van der Waals surface area contributed by atoms with Crippen LogP contribution >= 0.6 is 0 Å². The van der Waals surface area contributed by atoms with Gasteiger partial charge in [-0.25, -0.2) is 17.1 Å². The van der Waals surface area contributed by atoms with Crippen molar-refractivity contribution in [2.75, 3.05) is 31.3 Å². The molecule has 21 heavy (non-hydrogen) atoms. The van der Waals surface area contributed by atoms with Crippen LogP contribution in [0.4, 0.5) is 10.1 Å². The predicted octanol–water partition coefficient (Wildman–Crippen LogP) is 1.46. The number of hydrogen-bond donors (Lipinski definition) is 0. The maximum absolute atomic E-state index is 12.9. The zero-order chi connectivity index (χ0) is 15.6. The van der Waals surface area contributed by atoms with E-state index in [4.69, 9.17) is 0 Å². The highest BCUT2D eigenvalue weighted by Gasteiger charge is 2.32. The Hall–Kier alpha value is -1.47. The fourth-order valence-electron chi connectivity index (χ4n) is 2.51. The molecule has 0 unspecified atom stereocenters. The van der Waals surface area contributed by atoms with Gasteiger partial charge in [0.2, 0.25) is 15.9 Å². The molecule has 1 aromatic carbocycles. The summed E-state index contributed by atoms with van der Waals surface area (Å²) in [6.45, 7) is 0.673. The van der Waals surface area contributed by atoms with Crippen LogP contribution in [0.2, 0.25) is 0 Å². The smallest absolute Gasteiger partial charge is 0.231 e. The number of sulfonamides is 1. The van der Waals surface area contributed by atoms with Crippen LogP contribution in [0, 0.1) is 11.7 Å². The van der Waals surface area contributed by atoms with Gasteiger partial charge in [0.15, 0.2) is 0 Å². The maximum Gasteiger partial charge on any atom is 0.231 e. The van der Waals surface area contributed by atoms with Crippen molar-refractivity contribution in [1.29, 1.82) is 0 Å². The number of nitrogens with zero attached hydrogens (tertiary/aromatic N) is 2. The molecule has 1 aromatic rings. The number of piperidine rings is 1. The van der Waals surface area contributed by atoms with Crippen molar-refractivity contribution >= 4 is 21.6 Å². The Morgan fingerprint density at radius 2 is 1.95 bits per heavy atom. The standard InChI is InChI=1S/C14H19FN2O3S/c1-16(13-7-5-12(15)6-8-13)14(18)11-4-3-9-17(10-11)21(2,19)20/h5-8,11H,3-4,9-10H2,1-2H3/t11-/m0/s1. The zero-order valence-electron chi connectivity index (χ0n) is 12.1. The van der Waals surface area contributed by atoms with Crippen LogP contribution in [0.25, 0.3) is 0 Å². The highest BCUT2D eigenvalue weighted by Crippen LogP contribution is 2.23. The van der Waals surface area contributed by atoms with E-state index >= 15 is 0 Å². The first kappa shape index (κ1) is 15.9. The molecule has 0 aliphatic carbocycles. The third-order valence-electron chi connectivity index (χ3n) is 3.75. The van der Waals surface area contributed by atoms with E-state index in [2.05, 4.69) is 0 Å². The summed E-state index contributed by atoms with van der Waals surface area (Å²) in [6.07, 6.45) is 2.49. The minimum atomic E-state index is -3.28. The van der Waals surface area contributed by atoms with E-state index < -0.39 is 10.0 Å². The Bertz CT molecular complexity index is 616. The molecule has 7 heteroatoms. The Labute approximate surface area is 124 Å². The molecular formula is C14H19FN2O3S. The monoisotopic (exact) mass is 314 g/mol. The Morgan fingerprint density at radius 3 is 2.52 bits per heavy atom. The van der Waals surface area contributed by atoms with Gasteiger partial charge in [0.1, 0.15) is 5.82 Å². The highest BCUT2D eigenvalue weighted by atomic mass is 32.2. The molecule has 0 radical (unpaired) electrons. The van der Waals surface area contributed by atoms with Crippen LogP contribution in [0.5, 0.6) is 0 Å². The van der Waals surface area contributed by atoms with Gasteiger partial charge >= 0.3 is 0 Å². The van der Waals surface area contributed by atoms with E-state index in [1.807, 2.05) is 0 Å². The Morgan fingerprint density at radius 1 is 1.33 bits per heavy atom. The first-order valence-corrected chi connectivity index (χ1v) is 8.62. The summed E-state index contributed by atoms with van der Waals surface area (Å²) in [5.74, 6) is -0.862. The highest BCUT2D eigenvalue weighted by molar-refractivity contribution is 7.88. The van der Waals surface area contributed by atoms with Gasteiger partial charge in [-0.3, -0.25) is 4.79 Å². The van der Waals surface area contributed by atoms with Gasteiger partial charge in [0, 0.05) is 25.8 Å². The number of anilines is 1. The molecule has 0 bridgehead atoms. The first-order chi connectivity index (χ1) is 9.79. The number of carbonyl (C=O) groups is 1. The summed E-state index contributed by atoms with van der Waals surface area (Å²) in [5, 5.41) is 0. The normalized spacial score (nSPS) is 20.2. The predicted molar refractivity (Wildman–Crippen MR) is 79.0 cm³/mol. The quantitative estimate of drug-likeness (QED) is 0.849. The molecular weight excluding hydrogens is 295 g/mol. The lowest BCUT2D eigenvalue weighted by Gasteiger charge is -2.32. The second kappa shape index (κ2) is 6.11. The van der Waals surface area contributed by atoms with Crippen LogP contribution in [-0.2, 0) is 14.8 Å². The average Bonchev–Trinajstić information content (AvgIpc) is 2.46. The Kier molecular flexibility index (Phi) is 4.63. The fraction of sp³-hybridized carbons (Fsp3) is 0.500. The summed E-state index contributed by atoms with van der Waals surface area (Å²) in [5.41, 5.74) is 0.595. The van der Waals surface area contributed by atoms with E-state index in [0.29, 0.717) is 25.1 Å². The van der Waals surface area contributed by atoms with Crippen molar-refractivity contribution in [1.82, 2.24) is 4.31 Å². The minimum Gasteiger partial charge on any atom is -0.315 e. The second-order valence-corrected chi connectivity index (χ2v) is 7.32. The van der Waals surface area contributed by atoms with E-state index in [1.165, 1.54) is 33.5 Å². The number of benzene rings is 1. The number of hydrogen-bond acceptors (Lipinski definition) is 3. The third kappa shape index (κ3) is 3.79. The van der Waals surface area contributed by atoms with Gasteiger partial charge in [-0.05, 0) is 37.1 Å². The van der Waals surface area contributed by atoms with E-state index in [1.54, 1.807) is 7.05 Å². The summed E-state index contributed by atoms with van der Waals surface area (Å²) in [4.78, 5) is 13.9. The lowest BCUT2D eigenvalue weighted by atomic mass is 9.98. The van der Waals surface area contributed by atoms with E-state index in [9.17, 15) is 17.6 Å². The van der Waals surface area contributed by atoms with Crippen LogP contribution in [-0.4, -0.2) is 45.0 Å². The molecule has 2 rings (SSSR count). The topological polar surface area (TPSA) is 57.7 Å². The molecule has 0 aromatic heterocycles. The molecule has 116 valence electrons. The van der Waals surface area contributed by atoms with E-state index in [0.717, 1.165) is 6.26 Å². The molecule has 0 N–H and O–H groups in total. The molecule has 1 heterocycles. The van der Waals surface area contributed by atoms with Crippen LogP contribution < -0.4 is 4.90 Å². The lowest BCUT2D eigenvalue weighted by molar-refractivity contribution is -0.123. The van der Waals surface area contributed by atoms with Gasteiger partial charge in [0.25, 0.3) is 0 Å². The first-order valence-electron chi connectivity index (χ1n) is 6.77. The molecule has 5 nitrogen and oxygen atoms in total. The van der Waals surface area contributed by atoms with E-state index in [-0.39, 0.29) is 24.2 Å². The van der Waals surface area contributed by atoms with Crippen molar-refractivity contribution in [3.63, 3.8) is 0 Å². The van der Waals surface area contributed by atoms with Crippen LogP contribution in [0.15, 0.2) is 24.3 Å². The van der Waals surface area contributed by atoms with Crippen LogP contribution in [0.1, 0.15) is 12.8 Å². The van der Waals surface area contributed by atoms with Crippen molar-refractivity contribution < 1.29 is 17.6 Å². The molecule has 1 aliphatic rings. The Balaban J connectivity index is 2.10. The molecule has 1 atom stereocenters. The van der Waals surface area contributed by atoms with Gasteiger partial charge in [-0.2, -0.15) is 0 Å². The van der Waals surface area contributed by atoms with Crippen molar-refractivity contribution in [3.8, 4) is 0 Å². The summed E-state index contributed by atoms with van der Waals surface area (Å²) in [6, 6.07) is 5.65. The molecule has 0 spiro atoms. The fourth-order valence-corrected chi connectivity index (χ4v) is 3.42. The summed E-state index contributed by atoms with van der Waals surface area (Å²) >= 11 is 0. The average molecular weight is 314 g/mol. The number of amides is 1. The number of rotatable bonds is 3. The van der Waals surface area contributed by atoms with Gasteiger partial charge < -0.3 is 4.90 Å². The van der Waals surface area contributed by atoms with Gasteiger partial charge in [-0.15, -0.1) is 0 Å². The van der Waals surface area contributed by atoms with Crippen molar-refractivity contribution in [2.45, 2.75) is 12.8 Å². The largest absolute Gasteiger partial charge is 0.315 e. The zero-order valence-corrected chi connectivity index (χ0v) is 12.9. The van der Waals surface area contributed by atoms with Crippen molar-refractivity contribution in [3.05, 3.63) is 30.1 Å². The number of halogens is 1. The molecule has 1 saturated heterocycles. The number of carbonyl (C=O) groups excluding carboxylic acids is 1. The second-order valence-electron chi connectivity index (χ2n) is 5.33. The van der Waals surface area contributed by atoms with Gasteiger partial charge in [0.05, 0.1) is 12.2 Å². The summed E-state index contributed by atoms with van der Waals surface area (Å²) in [7, 11) is -1.66. The van der Waals surface area contributed by atoms with Crippen molar-refractivity contribution in [2.24, 2.45) is 5.92 Å². The minimum absolute atomic E-state index is 0.144.